The van der Waals surface area contributed by atoms with Crippen LogP contribution >= 0.6 is 0 Å². The van der Waals surface area contributed by atoms with Gasteiger partial charge in [-0.25, -0.2) is 0 Å². The standard InChI is InChI=1S/C20H23F3N6/c1-19(2,3)18-25-24-16-7-8-17(26-29(16)18)28-11-9-27(10-12-28)15-6-4-5-14(13-15)20(21,22)23/h4-8,13H,9-12H2,1-3H3. The van der Waals surface area contributed by atoms with Crippen molar-refractivity contribution in [1.29, 1.82) is 0 Å². The van der Waals surface area contributed by atoms with E-state index < -0.39 is 11.7 Å². The van der Waals surface area contributed by atoms with Crippen LogP contribution in [0.15, 0.2) is 36.4 Å². The molecule has 3 heterocycles. The Bertz CT molecular complexity index is 1010. The summed E-state index contributed by atoms with van der Waals surface area (Å²) in [6, 6.07) is 9.31. The zero-order valence-corrected chi connectivity index (χ0v) is 16.6. The van der Waals surface area contributed by atoms with E-state index >= 15 is 0 Å². The molecule has 1 saturated heterocycles. The first-order valence-electron chi connectivity index (χ1n) is 9.53. The summed E-state index contributed by atoms with van der Waals surface area (Å²) < 4.78 is 40.7. The van der Waals surface area contributed by atoms with Gasteiger partial charge in [-0.15, -0.1) is 15.3 Å². The number of fused-ring (bicyclic) bond motifs is 1. The van der Waals surface area contributed by atoms with Gasteiger partial charge in [0, 0.05) is 37.3 Å². The molecule has 1 fully saturated rings. The van der Waals surface area contributed by atoms with E-state index in [1.54, 1.807) is 10.6 Å². The molecule has 0 amide bonds. The predicted octanol–water partition coefficient (Wildman–Crippen LogP) is 3.77. The molecule has 0 bridgehead atoms. The summed E-state index contributed by atoms with van der Waals surface area (Å²) in [4.78, 5) is 4.11. The summed E-state index contributed by atoms with van der Waals surface area (Å²) >= 11 is 0. The van der Waals surface area contributed by atoms with Gasteiger partial charge in [0.05, 0.1) is 5.56 Å². The van der Waals surface area contributed by atoms with Crippen LogP contribution in [-0.4, -0.2) is 46.0 Å². The van der Waals surface area contributed by atoms with Crippen molar-refractivity contribution in [2.45, 2.75) is 32.4 Å². The van der Waals surface area contributed by atoms with Gasteiger partial charge in [-0.1, -0.05) is 26.8 Å². The monoisotopic (exact) mass is 404 g/mol. The molecule has 4 rings (SSSR count). The molecule has 9 heteroatoms. The maximum Gasteiger partial charge on any atom is 0.416 e. The molecule has 154 valence electrons. The van der Waals surface area contributed by atoms with Crippen LogP contribution in [0.3, 0.4) is 0 Å². The molecule has 0 spiro atoms. The van der Waals surface area contributed by atoms with Crippen LogP contribution in [0, 0.1) is 0 Å². The fourth-order valence-corrected chi connectivity index (χ4v) is 3.49. The van der Waals surface area contributed by atoms with Gasteiger partial charge >= 0.3 is 6.18 Å². The van der Waals surface area contributed by atoms with Crippen molar-refractivity contribution in [3.05, 3.63) is 47.8 Å². The van der Waals surface area contributed by atoms with Gasteiger partial charge in [0.15, 0.2) is 11.5 Å². The topological polar surface area (TPSA) is 49.6 Å². The molecular weight excluding hydrogens is 381 g/mol. The quantitative estimate of drug-likeness (QED) is 0.651. The molecule has 1 aliphatic heterocycles. The number of halogens is 3. The fourth-order valence-electron chi connectivity index (χ4n) is 3.49. The zero-order valence-electron chi connectivity index (χ0n) is 16.6. The maximum atomic E-state index is 13.0. The number of aromatic nitrogens is 4. The molecule has 3 aromatic rings. The second-order valence-corrected chi connectivity index (χ2v) is 8.26. The van der Waals surface area contributed by atoms with Crippen molar-refractivity contribution in [3.63, 3.8) is 0 Å². The van der Waals surface area contributed by atoms with E-state index in [0.29, 0.717) is 37.5 Å². The van der Waals surface area contributed by atoms with Crippen LogP contribution < -0.4 is 9.80 Å². The van der Waals surface area contributed by atoms with E-state index in [2.05, 4.69) is 35.9 Å². The van der Waals surface area contributed by atoms with Crippen molar-refractivity contribution < 1.29 is 13.2 Å². The van der Waals surface area contributed by atoms with Gasteiger partial charge in [-0.05, 0) is 30.3 Å². The second-order valence-electron chi connectivity index (χ2n) is 8.26. The molecule has 0 aliphatic carbocycles. The molecule has 0 unspecified atom stereocenters. The van der Waals surface area contributed by atoms with E-state index in [0.717, 1.165) is 17.7 Å². The van der Waals surface area contributed by atoms with Gasteiger partial charge in [0.2, 0.25) is 0 Å². The largest absolute Gasteiger partial charge is 0.416 e. The lowest BCUT2D eigenvalue weighted by Crippen LogP contribution is -2.47. The molecule has 1 aliphatic rings. The first-order valence-corrected chi connectivity index (χ1v) is 9.53. The van der Waals surface area contributed by atoms with Gasteiger partial charge in [-0.2, -0.15) is 17.7 Å². The number of piperazine rings is 1. The average Bonchev–Trinajstić information content (AvgIpc) is 3.11. The number of hydrogen-bond donors (Lipinski definition) is 0. The van der Waals surface area contributed by atoms with Gasteiger partial charge in [-0.3, -0.25) is 0 Å². The Balaban J connectivity index is 1.52. The summed E-state index contributed by atoms with van der Waals surface area (Å²) in [6.07, 6.45) is -4.33. The van der Waals surface area contributed by atoms with Crippen LogP contribution in [0.5, 0.6) is 0 Å². The average molecular weight is 404 g/mol. The molecule has 0 radical (unpaired) electrons. The molecule has 6 nitrogen and oxygen atoms in total. The van der Waals surface area contributed by atoms with Gasteiger partial charge in [0.1, 0.15) is 5.82 Å². The minimum atomic E-state index is -4.33. The highest BCUT2D eigenvalue weighted by Crippen LogP contribution is 2.32. The summed E-state index contributed by atoms with van der Waals surface area (Å²) in [5, 5.41) is 13.2. The van der Waals surface area contributed by atoms with Gasteiger partial charge in [0.25, 0.3) is 0 Å². The molecule has 0 N–H and O–H groups in total. The van der Waals surface area contributed by atoms with Crippen LogP contribution in [-0.2, 0) is 11.6 Å². The van der Waals surface area contributed by atoms with Crippen molar-refractivity contribution in [1.82, 2.24) is 19.8 Å². The summed E-state index contributed by atoms with van der Waals surface area (Å²) in [6.45, 7) is 8.76. The van der Waals surface area contributed by atoms with Gasteiger partial charge < -0.3 is 9.80 Å². The van der Waals surface area contributed by atoms with Crippen LogP contribution in [0.25, 0.3) is 5.65 Å². The Hall–Kier alpha value is -2.84. The highest BCUT2D eigenvalue weighted by atomic mass is 19.4. The highest BCUT2D eigenvalue weighted by Gasteiger charge is 2.31. The van der Waals surface area contributed by atoms with E-state index in [9.17, 15) is 13.2 Å². The number of nitrogens with zero attached hydrogens (tertiary/aromatic N) is 6. The fraction of sp³-hybridized carbons (Fsp3) is 0.450. The lowest BCUT2D eigenvalue weighted by Gasteiger charge is -2.36. The van der Waals surface area contributed by atoms with Crippen LogP contribution in [0.4, 0.5) is 24.7 Å². The summed E-state index contributed by atoms with van der Waals surface area (Å²) in [7, 11) is 0. The Morgan fingerprint density at radius 1 is 0.862 bits per heavy atom. The lowest BCUT2D eigenvalue weighted by atomic mass is 9.96. The summed E-state index contributed by atoms with van der Waals surface area (Å²) in [5.41, 5.74) is 0.484. The first kappa shape index (κ1) is 19.5. The second kappa shape index (κ2) is 6.89. The number of hydrogen-bond acceptors (Lipinski definition) is 5. The lowest BCUT2D eigenvalue weighted by molar-refractivity contribution is -0.137. The van der Waals surface area contributed by atoms with Crippen molar-refractivity contribution in [2.24, 2.45) is 0 Å². The molecular formula is C20H23F3N6. The smallest absolute Gasteiger partial charge is 0.368 e. The first-order chi connectivity index (χ1) is 13.6. The Kier molecular flexibility index (Phi) is 4.63. The number of alkyl halides is 3. The normalized spacial score (nSPS) is 15.9. The van der Waals surface area contributed by atoms with Crippen molar-refractivity contribution in [3.8, 4) is 0 Å². The van der Waals surface area contributed by atoms with Crippen molar-refractivity contribution >= 4 is 17.2 Å². The highest BCUT2D eigenvalue weighted by molar-refractivity contribution is 5.52. The molecule has 1 aromatic carbocycles. The van der Waals surface area contributed by atoms with Crippen LogP contribution in [0.2, 0.25) is 0 Å². The molecule has 2 aromatic heterocycles. The Labute approximate surface area is 166 Å². The predicted molar refractivity (Wildman–Crippen MR) is 105 cm³/mol. The van der Waals surface area contributed by atoms with Crippen molar-refractivity contribution in [2.75, 3.05) is 36.0 Å². The van der Waals surface area contributed by atoms with E-state index in [1.807, 2.05) is 17.0 Å². The summed E-state index contributed by atoms with van der Waals surface area (Å²) in [5.74, 6) is 1.60. The SMILES string of the molecule is CC(C)(C)c1nnc2ccc(N3CCN(c4cccc(C(F)(F)F)c4)CC3)nn12. The Morgan fingerprint density at radius 2 is 1.55 bits per heavy atom. The third kappa shape index (κ3) is 3.86. The third-order valence-electron chi connectivity index (χ3n) is 5.06. The van der Waals surface area contributed by atoms with E-state index in [1.165, 1.54) is 12.1 Å². The number of benzene rings is 1. The molecule has 0 saturated carbocycles. The third-order valence-corrected chi connectivity index (χ3v) is 5.06. The molecule has 0 atom stereocenters. The van der Waals surface area contributed by atoms with E-state index in [4.69, 9.17) is 5.10 Å². The molecule has 29 heavy (non-hydrogen) atoms. The van der Waals surface area contributed by atoms with E-state index in [-0.39, 0.29) is 5.41 Å². The number of anilines is 2. The zero-order chi connectivity index (χ0) is 20.8. The maximum absolute atomic E-state index is 13.0. The minimum Gasteiger partial charge on any atom is -0.368 e. The number of rotatable bonds is 2. The minimum absolute atomic E-state index is 0.187. The Morgan fingerprint density at radius 3 is 2.21 bits per heavy atom. The van der Waals surface area contributed by atoms with Crippen LogP contribution in [0.1, 0.15) is 32.2 Å².